The largest absolute Gasteiger partial charge is 0.314 e. The van der Waals surface area contributed by atoms with Crippen LogP contribution in [-0.4, -0.2) is 30.6 Å². The number of rotatable bonds is 6. The molecule has 0 spiro atoms. The van der Waals surface area contributed by atoms with Crippen LogP contribution >= 0.6 is 11.3 Å². The monoisotopic (exact) mass is 278 g/mol. The van der Waals surface area contributed by atoms with E-state index in [0.29, 0.717) is 0 Å². The molecule has 1 atom stereocenters. The fourth-order valence-corrected chi connectivity index (χ4v) is 4.00. The number of nitrogens with one attached hydrogen (secondary N) is 1. The summed E-state index contributed by atoms with van der Waals surface area (Å²) < 4.78 is 0. The van der Waals surface area contributed by atoms with Crippen LogP contribution in [-0.2, 0) is 13.0 Å². The zero-order chi connectivity index (χ0) is 13.1. The van der Waals surface area contributed by atoms with Crippen LogP contribution < -0.4 is 5.32 Å². The molecule has 19 heavy (non-hydrogen) atoms. The molecule has 1 aromatic heterocycles. The van der Waals surface area contributed by atoms with E-state index in [1.165, 1.54) is 63.2 Å². The number of aryl methyl sites for hydroxylation is 1. The molecule has 2 aliphatic rings. The molecule has 1 saturated heterocycles. The molecule has 0 bridgehead atoms. The summed E-state index contributed by atoms with van der Waals surface area (Å²) in [5.41, 5.74) is 0. The number of hydrogen-bond donors (Lipinski definition) is 1. The van der Waals surface area contributed by atoms with E-state index >= 15 is 0 Å². The Hall–Kier alpha value is -0.380. The van der Waals surface area contributed by atoms with E-state index in [0.717, 1.165) is 12.0 Å². The summed E-state index contributed by atoms with van der Waals surface area (Å²) in [7, 11) is 0. The summed E-state index contributed by atoms with van der Waals surface area (Å²) in [6, 6.07) is 5.49. The van der Waals surface area contributed by atoms with Crippen molar-refractivity contribution in [2.75, 3.05) is 19.6 Å². The lowest BCUT2D eigenvalue weighted by molar-refractivity contribution is 0.166. The first kappa shape index (κ1) is 13.6. The van der Waals surface area contributed by atoms with Gasteiger partial charge in [-0.15, -0.1) is 11.3 Å². The lowest BCUT2D eigenvalue weighted by Crippen LogP contribution is -2.39. The van der Waals surface area contributed by atoms with Gasteiger partial charge >= 0.3 is 0 Å². The molecule has 3 rings (SSSR count). The third-order valence-electron chi connectivity index (χ3n) is 4.32. The summed E-state index contributed by atoms with van der Waals surface area (Å²) in [5, 5.41) is 3.70. The number of thiophene rings is 1. The minimum atomic E-state index is 0.861. The molecular weight excluding hydrogens is 252 g/mol. The van der Waals surface area contributed by atoms with Crippen LogP contribution in [0.25, 0.3) is 0 Å². The van der Waals surface area contributed by atoms with E-state index in [2.05, 4.69) is 29.3 Å². The normalized spacial score (nSPS) is 24.8. The Kier molecular flexibility index (Phi) is 4.57. The first-order valence-electron chi connectivity index (χ1n) is 7.87. The van der Waals surface area contributed by atoms with Gasteiger partial charge < -0.3 is 5.32 Å². The fourth-order valence-electron chi connectivity index (χ4n) is 3.00. The summed E-state index contributed by atoms with van der Waals surface area (Å²) in [4.78, 5) is 5.74. The molecule has 1 N–H and O–H groups in total. The molecule has 0 radical (unpaired) electrons. The lowest BCUT2D eigenvalue weighted by atomic mass is 9.98. The highest BCUT2D eigenvalue weighted by molar-refractivity contribution is 7.11. The molecule has 1 aliphatic carbocycles. The van der Waals surface area contributed by atoms with Gasteiger partial charge in [-0.25, -0.2) is 0 Å². The van der Waals surface area contributed by atoms with E-state index in [1.807, 2.05) is 11.3 Å². The smallest absolute Gasteiger partial charge is 0.0328 e. The van der Waals surface area contributed by atoms with Gasteiger partial charge in [0.25, 0.3) is 0 Å². The summed E-state index contributed by atoms with van der Waals surface area (Å²) in [5.74, 6) is 0.875. The molecule has 1 saturated carbocycles. The minimum Gasteiger partial charge on any atom is -0.314 e. The van der Waals surface area contributed by atoms with Gasteiger partial charge in [0, 0.05) is 28.9 Å². The van der Waals surface area contributed by atoms with Gasteiger partial charge in [-0.2, -0.15) is 0 Å². The second-order valence-electron chi connectivity index (χ2n) is 6.15. The van der Waals surface area contributed by atoms with Gasteiger partial charge in [-0.3, -0.25) is 4.90 Å². The number of hydrogen-bond acceptors (Lipinski definition) is 3. The molecule has 2 nitrogen and oxygen atoms in total. The molecule has 3 heteroatoms. The SMILES string of the molecule is CCc1ccc(CN2CCCC(CNC3CC3)C2)s1. The topological polar surface area (TPSA) is 15.3 Å². The van der Waals surface area contributed by atoms with Crippen molar-refractivity contribution in [2.24, 2.45) is 5.92 Å². The Balaban J connectivity index is 1.46. The third kappa shape index (κ3) is 4.04. The molecule has 106 valence electrons. The highest BCUT2D eigenvalue weighted by Gasteiger charge is 2.24. The molecular formula is C16H26N2S. The van der Waals surface area contributed by atoms with Gasteiger partial charge in [0.05, 0.1) is 0 Å². The van der Waals surface area contributed by atoms with Crippen molar-refractivity contribution >= 4 is 11.3 Å². The zero-order valence-electron chi connectivity index (χ0n) is 12.0. The maximum absolute atomic E-state index is 3.70. The van der Waals surface area contributed by atoms with Gasteiger partial charge in [0.1, 0.15) is 0 Å². The highest BCUT2D eigenvalue weighted by Crippen LogP contribution is 2.24. The van der Waals surface area contributed by atoms with Gasteiger partial charge in [-0.1, -0.05) is 6.92 Å². The van der Waals surface area contributed by atoms with Gasteiger partial charge in [0.15, 0.2) is 0 Å². The van der Waals surface area contributed by atoms with Crippen molar-refractivity contribution in [1.29, 1.82) is 0 Å². The second-order valence-corrected chi connectivity index (χ2v) is 7.40. The van der Waals surface area contributed by atoms with Gasteiger partial charge in [0.2, 0.25) is 0 Å². The van der Waals surface area contributed by atoms with Crippen molar-refractivity contribution in [2.45, 2.75) is 51.6 Å². The van der Waals surface area contributed by atoms with Crippen LogP contribution in [0, 0.1) is 5.92 Å². The van der Waals surface area contributed by atoms with E-state index in [4.69, 9.17) is 0 Å². The average molecular weight is 278 g/mol. The Labute approximate surface area is 121 Å². The molecule has 1 unspecified atom stereocenters. The molecule has 1 aromatic rings. The number of likely N-dealkylation sites (tertiary alicyclic amines) is 1. The van der Waals surface area contributed by atoms with Crippen LogP contribution in [0.2, 0.25) is 0 Å². The van der Waals surface area contributed by atoms with Crippen LogP contribution in [0.15, 0.2) is 12.1 Å². The van der Waals surface area contributed by atoms with E-state index in [-0.39, 0.29) is 0 Å². The van der Waals surface area contributed by atoms with Crippen LogP contribution in [0.1, 0.15) is 42.4 Å². The predicted molar refractivity (Wildman–Crippen MR) is 82.7 cm³/mol. The zero-order valence-corrected chi connectivity index (χ0v) is 12.8. The lowest BCUT2D eigenvalue weighted by Gasteiger charge is -2.32. The van der Waals surface area contributed by atoms with Crippen molar-refractivity contribution in [3.8, 4) is 0 Å². The minimum absolute atomic E-state index is 0.861. The summed E-state index contributed by atoms with van der Waals surface area (Å²) in [6.07, 6.45) is 6.79. The first-order valence-corrected chi connectivity index (χ1v) is 8.68. The van der Waals surface area contributed by atoms with Crippen molar-refractivity contribution in [3.63, 3.8) is 0 Å². The summed E-state index contributed by atoms with van der Waals surface area (Å²) in [6.45, 7) is 7.24. The maximum atomic E-state index is 3.70. The second kappa shape index (κ2) is 6.38. The summed E-state index contributed by atoms with van der Waals surface area (Å²) >= 11 is 2.00. The van der Waals surface area contributed by atoms with E-state index in [9.17, 15) is 0 Å². The molecule has 2 heterocycles. The van der Waals surface area contributed by atoms with Crippen LogP contribution in [0.5, 0.6) is 0 Å². The molecule has 0 amide bonds. The average Bonchev–Trinajstić information content (AvgIpc) is 3.16. The quantitative estimate of drug-likeness (QED) is 0.859. The van der Waals surface area contributed by atoms with Crippen LogP contribution in [0.4, 0.5) is 0 Å². The Morgan fingerprint density at radius 1 is 1.26 bits per heavy atom. The van der Waals surface area contributed by atoms with Gasteiger partial charge in [-0.05, 0) is 63.2 Å². The molecule has 1 aliphatic heterocycles. The van der Waals surface area contributed by atoms with E-state index in [1.54, 1.807) is 4.88 Å². The molecule has 0 aromatic carbocycles. The third-order valence-corrected chi connectivity index (χ3v) is 5.54. The Morgan fingerprint density at radius 3 is 2.84 bits per heavy atom. The predicted octanol–water partition coefficient (Wildman–Crippen LogP) is 3.27. The molecule has 2 fully saturated rings. The van der Waals surface area contributed by atoms with Crippen molar-refractivity contribution < 1.29 is 0 Å². The van der Waals surface area contributed by atoms with Crippen molar-refractivity contribution in [1.82, 2.24) is 10.2 Å². The first-order chi connectivity index (χ1) is 9.33. The maximum Gasteiger partial charge on any atom is 0.0328 e. The van der Waals surface area contributed by atoms with E-state index < -0.39 is 0 Å². The highest BCUT2D eigenvalue weighted by atomic mass is 32.1. The fraction of sp³-hybridized carbons (Fsp3) is 0.750. The Bertz CT molecular complexity index is 397. The van der Waals surface area contributed by atoms with Crippen molar-refractivity contribution in [3.05, 3.63) is 21.9 Å². The Morgan fingerprint density at radius 2 is 2.11 bits per heavy atom. The number of nitrogens with zero attached hydrogens (tertiary/aromatic N) is 1. The number of piperidine rings is 1. The van der Waals surface area contributed by atoms with Crippen LogP contribution in [0.3, 0.4) is 0 Å². The standard InChI is InChI=1S/C16H26N2S/c1-2-15-7-8-16(19-15)12-18-9-3-4-13(11-18)10-17-14-5-6-14/h7-8,13-14,17H,2-6,9-12H2,1H3.